The Morgan fingerprint density at radius 1 is 1.62 bits per heavy atom. The number of nitrogens with one attached hydrogen (secondary N) is 1. The molecule has 0 spiro atoms. The van der Waals surface area contributed by atoms with Crippen LogP contribution in [0.15, 0.2) is 12.1 Å². The SMILES string of the molecule is CCC(O)CNC(=O)c1ccc(C)nc1Cl. The Morgan fingerprint density at radius 3 is 2.88 bits per heavy atom. The molecular formula is C11H15ClN2O2. The van der Waals surface area contributed by atoms with E-state index in [1.807, 2.05) is 6.92 Å². The first-order chi connectivity index (χ1) is 7.54. The predicted octanol–water partition coefficient (Wildman–Crippen LogP) is 1.54. The zero-order valence-electron chi connectivity index (χ0n) is 9.33. The molecule has 2 N–H and O–H groups in total. The number of pyridine rings is 1. The van der Waals surface area contributed by atoms with Gasteiger partial charge in [-0.05, 0) is 25.5 Å². The highest BCUT2D eigenvalue weighted by Gasteiger charge is 2.12. The normalized spacial score (nSPS) is 12.2. The fourth-order valence-corrected chi connectivity index (χ4v) is 1.43. The molecule has 0 saturated carbocycles. The van der Waals surface area contributed by atoms with Gasteiger partial charge in [-0.25, -0.2) is 4.98 Å². The van der Waals surface area contributed by atoms with Crippen LogP contribution in [-0.4, -0.2) is 28.6 Å². The molecule has 1 amide bonds. The van der Waals surface area contributed by atoms with Crippen LogP contribution >= 0.6 is 11.6 Å². The summed E-state index contributed by atoms with van der Waals surface area (Å²) in [5.41, 5.74) is 1.09. The van der Waals surface area contributed by atoms with Crippen molar-refractivity contribution < 1.29 is 9.90 Å². The van der Waals surface area contributed by atoms with E-state index in [-0.39, 0.29) is 17.6 Å². The second-order valence-electron chi connectivity index (χ2n) is 3.56. The Labute approximate surface area is 99.6 Å². The van der Waals surface area contributed by atoms with Gasteiger partial charge in [0.05, 0.1) is 11.7 Å². The zero-order chi connectivity index (χ0) is 12.1. The maximum absolute atomic E-state index is 11.7. The van der Waals surface area contributed by atoms with Crippen molar-refractivity contribution in [3.63, 3.8) is 0 Å². The van der Waals surface area contributed by atoms with Crippen LogP contribution in [-0.2, 0) is 0 Å². The number of hydrogen-bond donors (Lipinski definition) is 2. The molecule has 0 bridgehead atoms. The summed E-state index contributed by atoms with van der Waals surface area (Å²) in [6, 6.07) is 3.34. The maximum atomic E-state index is 11.7. The van der Waals surface area contributed by atoms with Crippen molar-refractivity contribution >= 4 is 17.5 Å². The third-order valence-electron chi connectivity index (χ3n) is 2.20. The number of carbonyl (C=O) groups is 1. The number of aryl methyl sites for hydroxylation is 1. The molecule has 1 aromatic heterocycles. The molecule has 16 heavy (non-hydrogen) atoms. The monoisotopic (exact) mass is 242 g/mol. The number of amides is 1. The second-order valence-corrected chi connectivity index (χ2v) is 3.92. The minimum absolute atomic E-state index is 0.184. The van der Waals surface area contributed by atoms with E-state index in [0.29, 0.717) is 12.0 Å². The van der Waals surface area contributed by atoms with E-state index in [1.54, 1.807) is 19.1 Å². The molecule has 1 atom stereocenters. The molecule has 88 valence electrons. The van der Waals surface area contributed by atoms with Crippen molar-refractivity contribution in [3.8, 4) is 0 Å². The van der Waals surface area contributed by atoms with Crippen molar-refractivity contribution in [2.75, 3.05) is 6.54 Å². The number of carbonyl (C=O) groups excluding carboxylic acids is 1. The van der Waals surface area contributed by atoms with E-state index in [1.165, 1.54) is 0 Å². The van der Waals surface area contributed by atoms with Gasteiger partial charge in [0.25, 0.3) is 5.91 Å². The quantitative estimate of drug-likeness (QED) is 0.788. The molecule has 0 radical (unpaired) electrons. The average molecular weight is 243 g/mol. The molecule has 0 aromatic carbocycles. The Balaban J connectivity index is 2.66. The van der Waals surface area contributed by atoms with Crippen LogP contribution in [0.25, 0.3) is 0 Å². The highest BCUT2D eigenvalue weighted by Crippen LogP contribution is 2.13. The number of aliphatic hydroxyl groups is 1. The summed E-state index contributed by atoms with van der Waals surface area (Å²) in [5.74, 6) is -0.315. The molecular weight excluding hydrogens is 228 g/mol. The lowest BCUT2D eigenvalue weighted by Crippen LogP contribution is -2.32. The standard InChI is InChI=1S/C11H15ClN2O2/c1-3-8(15)6-13-11(16)9-5-4-7(2)14-10(9)12/h4-5,8,15H,3,6H2,1-2H3,(H,13,16). The number of aliphatic hydroxyl groups excluding tert-OH is 1. The Kier molecular flexibility index (Phi) is 4.71. The van der Waals surface area contributed by atoms with Crippen LogP contribution < -0.4 is 5.32 Å². The van der Waals surface area contributed by atoms with E-state index in [0.717, 1.165) is 5.69 Å². The summed E-state index contributed by atoms with van der Waals surface area (Å²) in [4.78, 5) is 15.6. The fraction of sp³-hybridized carbons (Fsp3) is 0.455. The number of aromatic nitrogens is 1. The lowest BCUT2D eigenvalue weighted by Gasteiger charge is -2.10. The number of hydrogen-bond acceptors (Lipinski definition) is 3. The first kappa shape index (κ1) is 12.9. The van der Waals surface area contributed by atoms with Crippen LogP contribution in [0.2, 0.25) is 5.15 Å². The number of nitrogens with zero attached hydrogens (tertiary/aromatic N) is 1. The van der Waals surface area contributed by atoms with Crippen LogP contribution in [0, 0.1) is 6.92 Å². The van der Waals surface area contributed by atoms with Crippen molar-refractivity contribution in [1.82, 2.24) is 10.3 Å². The van der Waals surface area contributed by atoms with E-state index in [4.69, 9.17) is 11.6 Å². The Hall–Kier alpha value is -1.13. The van der Waals surface area contributed by atoms with Gasteiger partial charge in [-0.3, -0.25) is 4.79 Å². The molecule has 5 heteroatoms. The molecule has 0 aliphatic rings. The van der Waals surface area contributed by atoms with Crippen molar-refractivity contribution in [2.24, 2.45) is 0 Å². The van der Waals surface area contributed by atoms with Crippen LogP contribution in [0.1, 0.15) is 29.4 Å². The van der Waals surface area contributed by atoms with Crippen LogP contribution in [0.4, 0.5) is 0 Å². The van der Waals surface area contributed by atoms with Gasteiger partial charge in [0.1, 0.15) is 5.15 Å². The Morgan fingerprint density at radius 2 is 2.31 bits per heavy atom. The van der Waals surface area contributed by atoms with Gasteiger partial charge in [-0.1, -0.05) is 18.5 Å². The second kappa shape index (κ2) is 5.82. The van der Waals surface area contributed by atoms with Crippen molar-refractivity contribution in [2.45, 2.75) is 26.4 Å². The smallest absolute Gasteiger partial charge is 0.254 e. The minimum Gasteiger partial charge on any atom is -0.391 e. The molecule has 0 saturated heterocycles. The first-order valence-electron chi connectivity index (χ1n) is 5.14. The zero-order valence-corrected chi connectivity index (χ0v) is 10.1. The summed E-state index contributed by atoms with van der Waals surface area (Å²) in [7, 11) is 0. The summed E-state index contributed by atoms with van der Waals surface area (Å²) < 4.78 is 0. The number of halogens is 1. The summed E-state index contributed by atoms with van der Waals surface area (Å²) >= 11 is 5.84. The van der Waals surface area contributed by atoms with E-state index < -0.39 is 6.10 Å². The largest absolute Gasteiger partial charge is 0.391 e. The van der Waals surface area contributed by atoms with Crippen LogP contribution in [0.5, 0.6) is 0 Å². The Bertz CT molecular complexity index is 382. The topological polar surface area (TPSA) is 62.2 Å². The summed E-state index contributed by atoms with van der Waals surface area (Å²) in [6.07, 6.45) is 0.0707. The van der Waals surface area contributed by atoms with Gasteiger partial charge in [0, 0.05) is 12.2 Å². The average Bonchev–Trinajstić information content (AvgIpc) is 2.25. The fourth-order valence-electron chi connectivity index (χ4n) is 1.14. The van der Waals surface area contributed by atoms with Crippen LogP contribution in [0.3, 0.4) is 0 Å². The summed E-state index contributed by atoms with van der Waals surface area (Å²) in [6.45, 7) is 3.87. The number of rotatable bonds is 4. The molecule has 1 heterocycles. The summed E-state index contributed by atoms with van der Waals surface area (Å²) in [5, 5.41) is 12.1. The third kappa shape index (κ3) is 3.47. The van der Waals surface area contributed by atoms with Gasteiger partial charge in [-0.15, -0.1) is 0 Å². The molecule has 0 aliphatic heterocycles. The van der Waals surface area contributed by atoms with Gasteiger partial charge in [-0.2, -0.15) is 0 Å². The van der Waals surface area contributed by atoms with E-state index >= 15 is 0 Å². The van der Waals surface area contributed by atoms with Gasteiger partial charge in [0.2, 0.25) is 0 Å². The van der Waals surface area contributed by atoms with Gasteiger partial charge >= 0.3 is 0 Å². The van der Waals surface area contributed by atoms with Gasteiger partial charge < -0.3 is 10.4 Å². The molecule has 0 aliphatic carbocycles. The highest BCUT2D eigenvalue weighted by molar-refractivity contribution is 6.32. The lowest BCUT2D eigenvalue weighted by molar-refractivity contribution is 0.0913. The third-order valence-corrected chi connectivity index (χ3v) is 2.49. The molecule has 0 fully saturated rings. The minimum atomic E-state index is -0.527. The lowest BCUT2D eigenvalue weighted by atomic mass is 10.2. The van der Waals surface area contributed by atoms with Crippen molar-refractivity contribution in [1.29, 1.82) is 0 Å². The van der Waals surface area contributed by atoms with Gasteiger partial charge in [0.15, 0.2) is 0 Å². The maximum Gasteiger partial charge on any atom is 0.254 e. The van der Waals surface area contributed by atoms with E-state index in [2.05, 4.69) is 10.3 Å². The molecule has 1 aromatic rings. The van der Waals surface area contributed by atoms with E-state index in [9.17, 15) is 9.90 Å². The van der Waals surface area contributed by atoms with Crippen molar-refractivity contribution in [3.05, 3.63) is 28.5 Å². The predicted molar refractivity (Wildman–Crippen MR) is 62.6 cm³/mol. The first-order valence-corrected chi connectivity index (χ1v) is 5.51. The molecule has 4 nitrogen and oxygen atoms in total. The molecule has 1 rings (SSSR count). The molecule has 1 unspecified atom stereocenters. The highest BCUT2D eigenvalue weighted by atomic mass is 35.5.